The van der Waals surface area contributed by atoms with E-state index >= 15 is 0 Å². The molecule has 0 aliphatic carbocycles. The average molecular weight is 638 g/mol. The summed E-state index contributed by atoms with van der Waals surface area (Å²) in [6.07, 6.45) is -0.773. The molecule has 1 aromatic heterocycles. The molecule has 3 atom stereocenters. The number of amides is 1. The van der Waals surface area contributed by atoms with E-state index in [4.69, 9.17) is 9.47 Å². The van der Waals surface area contributed by atoms with Gasteiger partial charge in [0, 0.05) is 30.8 Å². The van der Waals surface area contributed by atoms with E-state index in [-0.39, 0.29) is 52.7 Å². The Hall–Kier alpha value is -3.17. The second-order valence-electron chi connectivity index (χ2n) is 10.2. The van der Waals surface area contributed by atoms with Crippen molar-refractivity contribution in [1.82, 2.24) is 9.21 Å². The molecule has 0 radical (unpaired) electrons. The lowest BCUT2D eigenvalue weighted by Gasteiger charge is -2.33. The summed E-state index contributed by atoms with van der Waals surface area (Å²) in [5, 5.41) is 11.6. The van der Waals surface area contributed by atoms with Gasteiger partial charge in [0.1, 0.15) is 21.8 Å². The molecular weight excluding hydrogens is 603 g/mol. The van der Waals surface area contributed by atoms with Gasteiger partial charge in [-0.3, -0.25) is 9.52 Å². The molecule has 2 aromatic carbocycles. The first-order chi connectivity index (χ1) is 19.8. The second-order valence-corrected chi connectivity index (χ2v) is 15.1. The number of nitrogens with one attached hydrogen (secondary N) is 1. The van der Waals surface area contributed by atoms with Crippen LogP contribution in [0.5, 0.6) is 11.5 Å². The van der Waals surface area contributed by atoms with Crippen molar-refractivity contribution in [3.05, 3.63) is 65.5 Å². The number of aliphatic hydroxyl groups excluding tert-OH is 1. The predicted octanol–water partition coefficient (Wildman–Crippen LogP) is 3.03. The SMILES string of the molecule is COc1ccc(S(=O)(=O)Nc2ccc3c(c2)CC(=O)N([C@H](C)CO)C[C@H](C)[C@H](CN(C)S(=O)(=O)c2cccs2)O3)cc1. The fourth-order valence-electron chi connectivity index (χ4n) is 4.60. The molecule has 11 nitrogen and oxygen atoms in total. The summed E-state index contributed by atoms with van der Waals surface area (Å²) >= 11 is 1.12. The number of carbonyl (C=O) groups excluding carboxylic acids is 1. The zero-order valence-electron chi connectivity index (χ0n) is 23.8. The highest BCUT2D eigenvalue weighted by Gasteiger charge is 2.34. The number of nitrogens with zero attached hydrogens (tertiary/aromatic N) is 2. The third-order valence-corrected chi connectivity index (χ3v) is 11.7. The molecule has 0 fully saturated rings. The number of hydrogen-bond donors (Lipinski definition) is 2. The summed E-state index contributed by atoms with van der Waals surface area (Å²) in [5.41, 5.74) is 0.650. The average Bonchev–Trinajstić information content (AvgIpc) is 3.52. The molecule has 0 saturated heterocycles. The summed E-state index contributed by atoms with van der Waals surface area (Å²) in [5.74, 6) is 0.265. The Morgan fingerprint density at radius 1 is 1.17 bits per heavy atom. The van der Waals surface area contributed by atoms with E-state index in [1.165, 1.54) is 48.8 Å². The topological polar surface area (TPSA) is 143 Å². The third kappa shape index (κ3) is 7.06. The third-order valence-electron chi connectivity index (χ3n) is 7.14. The van der Waals surface area contributed by atoms with Crippen molar-refractivity contribution in [2.45, 2.75) is 41.5 Å². The highest BCUT2D eigenvalue weighted by molar-refractivity contribution is 7.92. The minimum Gasteiger partial charge on any atom is -0.497 e. The van der Waals surface area contributed by atoms with Crippen LogP contribution in [0.4, 0.5) is 5.69 Å². The first-order valence-corrected chi connectivity index (χ1v) is 17.0. The number of methoxy groups -OCH3 is 1. The summed E-state index contributed by atoms with van der Waals surface area (Å²) in [6, 6.07) is 13.3. The first kappa shape index (κ1) is 31.8. The van der Waals surface area contributed by atoms with Crippen LogP contribution in [0.2, 0.25) is 0 Å². The molecule has 1 aliphatic heterocycles. The first-order valence-electron chi connectivity index (χ1n) is 13.2. The molecule has 1 aliphatic rings. The Balaban J connectivity index is 1.67. The van der Waals surface area contributed by atoms with Crippen molar-refractivity contribution in [3.8, 4) is 11.5 Å². The van der Waals surface area contributed by atoms with Crippen LogP contribution in [-0.2, 0) is 31.3 Å². The van der Waals surface area contributed by atoms with Crippen LogP contribution >= 0.6 is 11.3 Å². The Kier molecular flexibility index (Phi) is 9.83. The Morgan fingerprint density at radius 2 is 1.88 bits per heavy atom. The van der Waals surface area contributed by atoms with E-state index in [0.29, 0.717) is 17.1 Å². The fraction of sp³-hybridized carbons (Fsp3) is 0.393. The maximum atomic E-state index is 13.5. The molecule has 2 N–H and O–H groups in total. The van der Waals surface area contributed by atoms with Crippen molar-refractivity contribution in [3.63, 3.8) is 0 Å². The lowest BCUT2D eigenvalue weighted by Crippen LogP contribution is -2.48. The van der Waals surface area contributed by atoms with Crippen LogP contribution in [0, 0.1) is 5.92 Å². The molecule has 0 saturated carbocycles. The van der Waals surface area contributed by atoms with Gasteiger partial charge in [0.15, 0.2) is 0 Å². The molecule has 0 unspecified atom stereocenters. The van der Waals surface area contributed by atoms with Crippen molar-refractivity contribution in [2.75, 3.05) is 38.6 Å². The Bertz CT molecular complexity index is 1590. The van der Waals surface area contributed by atoms with Gasteiger partial charge in [-0.1, -0.05) is 13.0 Å². The van der Waals surface area contributed by atoms with Crippen LogP contribution in [0.3, 0.4) is 0 Å². The summed E-state index contributed by atoms with van der Waals surface area (Å²) in [6.45, 7) is 3.56. The van der Waals surface area contributed by atoms with Crippen LogP contribution < -0.4 is 14.2 Å². The number of benzene rings is 2. The van der Waals surface area contributed by atoms with Gasteiger partial charge in [0.05, 0.1) is 37.6 Å². The number of anilines is 1. The molecule has 1 amide bonds. The van der Waals surface area contributed by atoms with Crippen LogP contribution in [-0.4, -0.2) is 83.1 Å². The van der Waals surface area contributed by atoms with Crippen molar-refractivity contribution < 1.29 is 36.2 Å². The standard InChI is InChI=1S/C28H35N3O8S3/c1-19-16-31(20(2)18-32)27(33)15-21-14-22(29-41(34,35)24-10-8-23(38-4)9-11-24)7-12-25(21)39-26(19)17-30(3)42(36,37)28-6-5-13-40-28/h5-14,19-20,26,29,32H,15-18H2,1-4H3/t19-,20+,26-/m0/s1. The van der Waals surface area contributed by atoms with Crippen LogP contribution in [0.1, 0.15) is 19.4 Å². The molecular formula is C28H35N3O8S3. The van der Waals surface area contributed by atoms with Crippen molar-refractivity contribution in [2.24, 2.45) is 5.92 Å². The molecule has 14 heteroatoms. The number of carbonyl (C=O) groups is 1. The fourth-order valence-corrected chi connectivity index (χ4v) is 8.03. The number of aliphatic hydroxyl groups is 1. The monoisotopic (exact) mass is 637 g/mol. The van der Waals surface area contributed by atoms with Gasteiger partial charge in [-0.15, -0.1) is 11.3 Å². The van der Waals surface area contributed by atoms with Gasteiger partial charge in [0.2, 0.25) is 5.91 Å². The predicted molar refractivity (Wildman–Crippen MR) is 160 cm³/mol. The number of likely N-dealkylation sites (N-methyl/N-ethyl adjacent to an activating group) is 1. The lowest BCUT2D eigenvalue weighted by molar-refractivity contribution is -0.134. The minimum absolute atomic E-state index is 0.00221. The molecule has 3 aromatic rings. The molecule has 4 rings (SSSR count). The van der Waals surface area contributed by atoms with Gasteiger partial charge in [-0.05, 0) is 60.8 Å². The van der Waals surface area contributed by atoms with Gasteiger partial charge in [-0.2, -0.15) is 4.31 Å². The highest BCUT2D eigenvalue weighted by atomic mass is 32.2. The van der Waals surface area contributed by atoms with Crippen LogP contribution in [0.15, 0.2) is 69.1 Å². The van der Waals surface area contributed by atoms with Gasteiger partial charge >= 0.3 is 0 Å². The van der Waals surface area contributed by atoms with Gasteiger partial charge < -0.3 is 19.5 Å². The van der Waals surface area contributed by atoms with E-state index in [1.807, 2.05) is 6.92 Å². The van der Waals surface area contributed by atoms with E-state index in [0.717, 1.165) is 11.3 Å². The van der Waals surface area contributed by atoms with E-state index in [2.05, 4.69) is 4.72 Å². The zero-order chi connectivity index (χ0) is 30.7. The summed E-state index contributed by atoms with van der Waals surface area (Å²) < 4.78 is 67.9. The van der Waals surface area contributed by atoms with Gasteiger partial charge in [-0.25, -0.2) is 16.8 Å². The van der Waals surface area contributed by atoms with Crippen molar-refractivity contribution >= 4 is 43.0 Å². The van der Waals surface area contributed by atoms with E-state index < -0.39 is 32.2 Å². The number of hydrogen-bond acceptors (Lipinski definition) is 9. The maximum absolute atomic E-state index is 13.5. The Labute approximate surface area is 250 Å². The number of ether oxygens (including phenoxy) is 2. The summed E-state index contributed by atoms with van der Waals surface area (Å²) in [7, 11) is -4.75. The van der Waals surface area contributed by atoms with E-state index in [1.54, 1.807) is 41.5 Å². The second kappa shape index (κ2) is 13.0. The zero-order valence-corrected chi connectivity index (χ0v) is 26.2. The highest BCUT2D eigenvalue weighted by Crippen LogP contribution is 2.31. The van der Waals surface area contributed by atoms with E-state index in [9.17, 15) is 26.7 Å². The minimum atomic E-state index is -3.95. The largest absolute Gasteiger partial charge is 0.497 e. The number of fused-ring (bicyclic) bond motifs is 1. The van der Waals surface area contributed by atoms with Crippen molar-refractivity contribution in [1.29, 1.82) is 0 Å². The molecule has 42 heavy (non-hydrogen) atoms. The molecule has 2 heterocycles. The molecule has 0 spiro atoms. The summed E-state index contributed by atoms with van der Waals surface area (Å²) in [4.78, 5) is 15.0. The smallest absolute Gasteiger partial charge is 0.261 e. The molecule has 0 bridgehead atoms. The Morgan fingerprint density at radius 3 is 2.50 bits per heavy atom. The quantitative estimate of drug-likeness (QED) is 0.346. The number of thiophene rings is 1. The molecule has 228 valence electrons. The number of rotatable bonds is 10. The number of sulfonamides is 2. The maximum Gasteiger partial charge on any atom is 0.261 e. The lowest BCUT2D eigenvalue weighted by atomic mass is 10.0. The van der Waals surface area contributed by atoms with Gasteiger partial charge in [0.25, 0.3) is 20.0 Å². The van der Waals surface area contributed by atoms with Crippen LogP contribution in [0.25, 0.3) is 0 Å². The normalized spacial score (nSPS) is 18.8.